The SMILES string of the molecule is Cc1ccccc1C[C@H](C)NC(=O)N[C@H]1CCO[C@@H](C2CC2)C1. The van der Waals surface area contributed by atoms with Crippen molar-refractivity contribution in [3.8, 4) is 0 Å². The number of carbonyl (C=O) groups is 1. The smallest absolute Gasteiger partial charge is 0.315 e. The van der Waals surface area contributed by atoms with Gasteiger partial charge < -0.3 is 15.4 Å². The molecule has 1 aliphatic carbocycles. The molecular weight excluding hydrogens is 288 g/mol. The zero-order chi connectivity index (χ0) is 16.2. The minimum atomic E-state index is -0.0486. The molecule has 4 heteroatoms. The summed E-state index contributed by atoms with van der Waals surface area (Å²) in [6, 6.07) is 8.66. The van der Waals surface area contributed by atoms with Gasteiger partial charge in [0.25, 0.3) is 0 Å². The molecule has 0 aromatic heterocycles. The number of ether oxygens (including phenoxy) is 1. The van der Waals surface area contributed by atoms with Crippen molar-refractivity contribution in [2.45, 2.75) is 64.1 Å². The molecule has 3 atom stereocenters. The van der Waals surface area contributed by atoms with Gasteiger partial charge in [-0.05, 0) is 63.0 Å². The Labute approximate surface area is 139 Å². The molecule has 1 aromatic carbocycles. The summed E-state index contributed by atoms with van der Waals surface area (Å²) in [7, 11) is 0. The van der Waals surface area contributed by atoms with Crippen molar-refractivity contribution in [1.29, 1.82) is 0 Å². The molecule has 1 aromatic rings. The van der Waals surface area contributed by atoms with Crippen LogP contribution in [0.1, 0.15) is 43.7 Å². The molecule has 3 rings (SSSR count). The number of rotatable bonds is 5. The summed E-state index contributed by atoms with van der Waals surface area (Å²) in [6.07, 6.45) is 5.68. The van der Waals surface area contributed by atoms with E-state index >= 15 is 0 Å². The predicted molar refractivity (Wildman–Crippen MR) is 91.5 cm³/mol. The minimum absolute atomic E-state index is 0.0486. The molecule has 0 spiro atoms. The van der Waals surface area contributed by atoms with E-state index < -0.39 is 0 Å². The van der Waals surface area contributed by atoms with Gasteiger partial charge in [0.1, 0.15) is 0 Å². The van der Waals surface area contributed by atoms with Crippen LogP contribution < -0.4 is 10.6 Å². The second-order valence-electron chi connectivity index (χ2n) is 7.12. The van der Waals surface area contributed by atoms with Gasteiger partial charge in [0.05, 0.1) is 6.10 Å². The van der Waals surface area contributed by atoms with Crippen LogP contribution in [0.25, 0.3) is 0 Å². The Morgan fingerprint density at radius 2 is 2.09 bits per heavy atom. The lowest BCUT2D eigenvalue weighted by molar-refractivity contribution is -0.00917. The summed E-state index contributed by atoms with van der Waals surface area (Å²) < 4.78 is 5.82. The fourth-order valence-electron chi connectivity index (χ4n) is 3.43. The maximum atomic E-state index is 12.2. The standard InChI is InChI=1S/C19H28N2O2/c1-13-5-3-4-6-16(13)11-14(2)20-19(22)21-17-9-10-23-18(12-17)15-7-8-15/h3-6,14-15,17-18H,7-12H2,1-2H3,(H2,20,21,22)/t14-,17-,18+/m0/s1. The van der Waals surface area contributed by atoms with Gasteiger partial charge in [-0.25, -0.2) is 4.79 Å². The first kappa shape index (κ1) is 16.3. The summed E-state index contributed by atoms with van der Waals surface area (Å²) in [4.78, 5) is 12.2. The quantitative estimate of drug-likeness (QED) is 0.876. The maximum absolute atomic E-state index is 12.2. The van der Waals surface area contributed by atoms with Crippen LogP contribution in [0.3, 0.4) is 0 Å². The molecular formula is C19H28N2O2. The summed E-state index contributed by atoms with van der Waals surface area (Å²) >= 11 is 0. The molecule has 0 bridgehead atoms. The number of hydrogen-bond acceptors (Lipinski definition) is 2. The average molecular weight is 316 g/mol. The molecule has 2 amide bonds. The van der Waals surface area contributed by atoms with Crippen molar-refractivity contribution in [2.75, 3.05) is 6.61 Å². The van der Waals surface area contributed by atoms with E-state index in [0.29, 0.717) is 6.10 Å². The Bertz CT molecular complexity index is 542. The molecule has 0 radical (unpaired) electrons. The number of carbonyl (C=O) groups excluding carboxylic acids is 1. The van der Waals surface area contributed by atoms with E-state index in [-0.39, 0.29) is 18.1 Å². The maximum Gasteiger partial charge on any atom is 0.315 e. The number of urea groups is 1. The fraction of sp³-hybridized carbons (Fsp3) is 0.632. The second-order valence-corrected chi connectivity index (χ2v) is 7.12. The molecule has 4 nitrogen and oxygen atoms in total. The number of aryl methyl sites for hydroxylation is 1. The van der Waals surface area contributed by atoms with E-state index in [1.165, 1.54) is 24.0 Å². The van der Waals surface area contributed by atoms with Crippen molar-refractivity contribution in [3.05, 3.63) is 35.4 Å². The molecule has 1 saturated carbocycles. The highest BCUT2D eigenvalue weighted by Crippen LogP contribution is 2.38. The molecule has 1 saturated heterocycles. The Kier molecular flexibility index (Phi) is 5.21. The second kappa shape index (κ2) is 7.35. The Hall–Kier alpha value is -1.55. The van der Waals surface area contributed by atoms with E-state index in [9.17, 15) is 4.79 Å². The summed E-state index contributed by atoms with van der Waals surface area (Å²) in [5.41, 5.74) is 2.57. The first-order valence-electron chi connectivity index (χ1n) is 8.85. The highest BCUT2D eigenvalue weighted by Gasteiger charge is 2.36. The first-order valence-corrected chi connectivity index (χ1v) is 8.85. The van der Waals surface area contributed by atoms with Crippen LogP contribution in [0.15, 0.2) is 24.3 Å². The largest absolute Gasteiger partial charge is 0.378 e. The van der Waals surface area contributed by atoms with Crippen LogP contribution in [0.2, 0.25) is 0 Å². The van der Waals surface area contributed by atoms with E-state index in [0.717, 1.165) is 31.8 Å². The summed E-state index contributed by atoms with van der Waals surface area (Å²) in [5.74, 6) is 0.739. The predicted octanol–water partition coefficient (Wildman–Crippen LogP) is 3.18. The summed E-state index contributed by atoms with van der Waals surface area (Å²) in [5, 5.41) is 6.20. The molecule has 23 heavy (non-hydrogen) atoms. The van der Waals surface area contributed by atoms with Crippen LogP contribution in [0, 0.1) is 12.8 Å². The number of nitrogens with one attached hydrogen (secondary N) is 2. The van der Waals surface area contributed by atoms with Gasteiger partial charge >= 0.3 is 6.03 Å². The third-order valence-electron chi connectivity index (χ3n) is 4.96. The van der Waals surface area contributed by atoms with Gasteiger partial charge in [0.15, 0.2) is 0 Å². The van der Waals surface area contributed by atoms with Crippen molar-refractivity contribution >= 4 is 6.03 Å². The third-order valence-corrected chi connectivity index (χ3v) is 4.96. The molecule has 2 fully saturated rings. The molecule has 2 N–H and O–H groups in total. The van der Waals surface area contributed by atoms with Gasteiger partial charge in [-0.2, -0.15) is 0 Å². The third kappa shape index (κ3) is 4.71. The zero-order valence-electron chi connectivity index (χ0n) is 14.2. The Morgan fingerprint density at radius 1 is 1.30 bits per heavy atom. The zero-order valence-corrected chi connectivity index (χ0v) is 14.2. The lowest BCUT2D eigenvalue weighted by atomic mass is 10.00. The van der Waals surface area contributed by atoms with E-state index in [1.54, 1.807) is 0 Å². The molecule has 126 valence electrons. The topological polar surface area (TPSA) is 50.4 Å². The van der Waals surface area contributed by atoms with Crippen LogP contribution in [0.4, 0.5) is 4.79 Å². The van der Waals surface area contributed by atoms with Crippen LogP contribution in [-0.4, -0.2) is 30.8 Å². The normalized spacial score (nSPS) is 25.7. The molecule has 1 aliphatic heterocycles. The number of hydrogen-bond donors (Lipinski definition) is 2. The van der Waals surface area contributed by atoms with Gasteiger partial charge in [0.2, 0.25) is 0 Å². The summed E-state index contributed by atoms with van der Waals surface area (Å²) in [6.45, 7) is 4.94. The Morgan fingerprint density at radius 3 is 2.83 bits per heavy atom. The molecule has 0 unspecified atom stereocenters. The van der Waals surface area contributed by atoms with Gasteiger partial charge in [0, 0.05) is 18.7 Å². The van der Waals surface area contributed by atoms with Crippen molar-refractivity contribution < 1.29 is 9.53 Å². The number of amides is 2. The van der Waals surface area contributed by atoms with E-state index in [2.05, 4.69) is 42.7 Å². The van der Waals surface area contributed by atoms with Gasteiger partial charge in [-0.3, -0.25) is 0 Å². The first-order chi connectivity index (χ1) is 11.1. The lowest BCUT2D eigenvalue weighted by Crippen LogP contribution is -2.49. The van der Waals surface area contributed by atoms with Gasteiger partial charge in [-0.15, -0.1) is 0 Å². The molecule has 1 heterocycles. The van der Waals surface area contributed by atoms with Crippen molar-refractivity contribution in [1.82, 2.24) is 10.6 Å². The lowest BCUT2D eigenvalue weighted by Gasteiger charge is -2.30. The van der Waals surface area contributed by atoms with Crippen LogP contribution in [0.5, 0.6) is 0 Å². The van der Waals surface area contributed by atoms with Crippen molar-refractivity contribution in [2.24, 2.45) is 5.92 Å². The van der Waals surface area contributed by atoms with E-state index in [1.807, 2.05) is 6.07 Å². The average Bonchev–Trinajstić information content (AvgIpc) is 3.34. The van der Waals surface area contributed by atoms with Crippen LogP contribution in [-0.2, 0) is 11.2 Å². The van der Waals surface area contributed by atoms with Gasteiger partial charge in [-0.1, -0.05) is 24.3 Å². The van der Waals surface area contributed by atoms with E-state index in [4.69, 9.17) is 4.74 Å². The Balaban J connectivity index is 1.44. The van der Waals surface area contributed by atoms with Crippen molar-refractivity contribution in [3.63, 3.8) is 0 Å². The fourth-order valence-corrected chi connectivity index (χ4v) is 3.43. The highest BCUT2D eigenvalue weighted by molar-refractivity contribution is 5.74. The minimum Gasteiger partial charge on any atom is -0.378 e. The monoisotopic (exact) mass is 316 g/mol. The molecule has 2 aliphatic rings. The number of benzene rings is 1. The highest BCUT2D eigenvalue weighted by atomic mass is 16.5. The van der Waals surface area contributed by atoms with Crippen LogP contribution >= 0.6 is 0 Å².